The monoisotopic (exact) mass is 312 g/mol. The number of aromatic nitrogens is 1. The largest absolute Gasteiger partial charge is 0.338 e. The van der Waals surface area contributed by atoms with Crippen molar-refractivity contribution in [3.8, 4) is 0 Å². The van der Waals surface area contributed by atoms with Crippen LogP contribution in [0.5, 0.6) is 0 Å². The SMILES string of the molecule is CCc1ccccc1NC(=O)Cn1ccc2cc(Cl)ccc21. The van der Waals surface area contributed by atoms with Gasteiger partial charge in [0, 0.05) is 27.8 Å². The van der Waals surface area contributed by atoms with Crippen molar-refractivity contribution in [2.24, 2.45) is 0 Å². The van der Waals surface area contributed by atoms with Crippen LogP contribution in [0.25, 0.3) is 10.9 Å². The molecule has 1 N–H and O–H groups in total. The Kier molecular flexibility index (Phi) is 4.16. The average Bonchev–Trinajstić information content (AvgIpc) is 2.89. The lowest BCUT2D eigenvalue weighted by Crippen LogP contribution is -2.19. The van der Waals surface area contributed by atoms with Crippen LogP contribution in [0, 0.1) is 0 Å². The Balaban J connectivity index is 1.78. The molecular weight excluding hydrogens is 296 g/mol. The highest BCUT2D eigenvalue weighted by molar-refractivity contribution is 6.31. The molecule has 0 radical (unpaired) electrons. The second kappa shape index (κ2) is 6.24. The van der Waals surface area contributed by atoms with Crippen LogP contribution in [0.4, 0.5) is 5.69 Å². The molecular formula is C18H17ClN2O. The summed E-state index contributed by atoms with van der Waals surface area (Å²) in [6.45, 7) is 2.36. The third-order valence-corrected chi connectivity index (χ3v) is 3.95. The minimum absolute atomic E-state index is 0.0339. The van der Waals surface area contributed by atoms with Gasteiger partial charge in [0.2, 0.25) is 5.91 Å². The van der Waals surface area contributed by atoms with E-state index in [1.165, 1.54) is 0 Å². The number of carbonyl (C=O) groups excluding carboxylic acids is 1. The second-order valence-corrected chi connectivity index (χ2v) is 5.64. The Morgan fingerprint density at radius 3 is 2.82 bits per heavy atom. The molecule has 3 rings (SSSR count). The maximum absolute atomic E-state index is 12.3. The molecule has 1 heterocycles. The van der Waals surface area contributed by atoms with Crippen LogP contribution >= 0.6 is 11.6 Å². The highest BCUT2D eigenvalue weighted by Crippen LogP contribution is 2.21. The first-order chi connectivity index (χ1) is 10.7. The van der Waals surface area contributed by atoms with Crippen LogP contribution in [-0.4, -0.2) is 10.5 Å². The van der Waals surface area contributed by atoms with Gasteiger partial charge in [-0.3, -0.25) is 4.79 Å². The van der Waals surface area contributed by atoms with E-state index in [0.29, 0.717) is 5.02 Å². The first-order valence-corrected chi connectivity index (χ1v) is 7.67. The van der Waals surface area contributed by atoms with Crippen molar-refractivity contribution in [3.63, 3.8) is 0 Å². The number of amides is 1. The molecule has 3 aromatic rings. The van der Waals surface area contributed by atoms with E-state index in [1.807, 2.05) is 59.3 Å². The Morgan fingerprint density at radius 1 is 1.18 bits per heavy atom. The number of rotatable bonds is 4. The Morgan fingerprint density at radius 2 is 2.00 bits per heavy atom. The quantitative estimate of drug-likeness (QED) is 0.756. The molecule has 4 heteroatoms. The summed E-state index contributed by atoms with van der Waals surface area (Å²) < 4.78 is 1.93. The highest BCUT2D eigenvalue weighted by Gasteiger charge is 2.08. The van der Waals surface area contributed by atoms with Crippen molar-refractivity contribution in [2.75, 3.05) is 5.32 Å². The van der Waals surface area contributed by atoms with Gasteiger partial charge < -0.3 is 9.88 Å². The van der Waals surface area contributed by atoms with E-state index in [0.717, 1.165) is 28.6 Å². The predicted octanol–water partition coefficient (Wildman–Crippen LogP) is 4.50. The summed E-state index contributed by atoms with van der Waals surface area (Å²) in [5.74, 6) is -0.0339. The summed E-state index contributed by atoms with van der Waals surface area (Å²) in [6.07, 6.45) is 2.80. The molecule has 0 aliphatic carbocycles. The zero-order valence-electron chi connectivity index (χ0n) is 12.3. The van der Waals surface area contributed by atoms with Crippen molar-refractivity contribution >= 4 is 34.1 Å². The van der Waals surface area contributed by atoms with Crippen LogP contribution in [0.1, 0.15) is 12.5 Å². The molecule has 1 amide bonds. The maximum Gasteiger partial charge on any atom is 0.244 e. The van der Waals surface area contributed by atoms with Gasteiger partial charge in [-0.25, -0.2) is 0 Å². The number of halogens is 1. The van der Waals surface area contributed by atoms with Crippen LogP contribution in [0.15, 0.2) is 54.7 Å². The van der Waals surface area contributed by atoms with E-state index in [4.69, 9.17) is 11.6 Å². The molecule has 0 saturated heterocycles. The first kappa shape index (κ1) is 14.7. The lowest BCUT2D eigenvalue weighted by Gasteiger charge is -2.10. The molecule has 3 nitrogen and oxygen atoms in total. The number of nitrogens with one attached hydrogen (secondary N) is 1. The number of fused-ring (bicyclic) bond motifs is 1. The second-order valence-electron chi connectivity index (χ2n) is 5.21. The van der Waals surface area contributed by atoms with E-state index in [2.05, 4.69) is 12.2 Å². The Hall–Kier alpha value is -2.26. The summed E-state index contributed by atoms with van der Waals surface area (Å²) in [6, 6.07) is 15.5. The number of aryl methyl sites for hydroxylation is 1. The number of hydrogen-bond donors (Lipinski definition) is 1. The van der Waals surface area contributed by atoms with E-state index in [1.54, 1.807) is 0 Å². The van der Waals surface area contributed by atoms with Crippen LogP contribution in [-0.2, 0) is 17.8 Å². The molecule has 112 valence electrons. The summed E-state index contributed by atoms with van der Waals surface area (Å²) in [7, 11) is 0. The topological polar surface area (TPSA) is 34.0 Å². The van der Waals surface area contributed by atoms with Crippen LogP contribution in [0.2, 0.25) is 5.02 Å². The van der Waals surface area contributed by atoms with Gasteiger partial charge in [0.25, 0.3) is 0 Å². The Labute approximate surface area is 134 Å². The summed E-state index contributed by atoms with van der Waals surface area (Å²) in [5, 5.41) is 4.73. The van der Waals surface area contributed by atoms with Gasteiger partial charge in [0.05, 0.1) is 0 Å². The van der Waals surface area contributed by atoms with Crippen LogP contribution in [0.3, 0.4) is 0 Å². The van der Waals surface area contributed by atoms with Gasteiger partial charge in [0.15, 0.2) is 0 Å². The zero-order valence-corrected chi connectivity index (χ0v) is 13.1. The number of anilines is 1. The number of para-hydroxylation sites is 1. The highest BCUT2D eigenvalue weighted by atomic mass is 35.5. The molecule has 0 saturated carbocycles. The number of carbonyl (C=O) groups is 1. The fraction of sp³-hybridized carbons (Fsp3) is 0.167. The number of hydrogen-bond acceptors (Lipinski definition) is 1. The smallest absolute Gasteiger partial charge is 0.244 e. The molecule has 0 aliphatic rings. The van der Waals surface area contributed by atoms with Gasteiger partial charge in [-0.2, -0.15) is 0 Å². The van der Waals surface area contributed by atoms with Gasteiger partial charge >= 0.3 is 0 Å². The molecule has 2 aromatic carbocycles. The third-order valence-electron chi connectivity index (χ3n) is 3.72. The fourth-order valence-corrected chi connectivity index (χ4v) is 2.78. The van der Waals surface area contributed by atoms with E-state index >= 15 is 0 Å². The molecule has 0 atom stereocenters. The summed E-state index contributed by atoms with van der Waals surface area (Å²) >= 11 is 5.99. The zero-order chi connectivity index (χ0) is 15.5. The van der Waals surface area contributed by atoms with Crippen molar-refractivity contribution in [1.82, 2.24) is 4.57 Å². The van der Waals surface area contributed by atoms with Crippen LogP contribution < -0.4 is 5.32 Å². The molecule has 0 fully saturated rings. The third kappa shape index (κ3) is 3.00. The van der Waals surface area contributed by atoms with Gasteiger partial charge in [-0.1, -0.05) is 36.7 Å². The first-order valence-electron chi connectivity index (χ1n) is 7.29. The van der Waals surface area contributed by atoms with Crippen molar-refractivity contribution in [2.45, 2.75) is 19.9 Å². The van der Waals surface area contributed by atoms with Gasteiger partial charge in [0.1, 0.15) is 6.54 Å². The predicted molar refractivity (Wildman–Crippen MR) is 91.4 cm³/mol. The van der Waals surface area contributed by atoms with E-state index in [-0.39, 0.29) is 12.5 Å². The normalized spacial score (nSPS) is 10.8. The number of nitrogens with zero attached hydrogens (tertiary/aromatic N) is 1. The molecule has 0 aliphatic heterocycles. The molecule has 1 aromatic heterocycles. The minimum Gasteiger partial charge on any atom is -0.338 e. The molecule has 0 unspecified atom stereocenters. The Bertz CT molecular complexity index is 823. The summed E-state index contributed by atoms with van der Waals surface area (Å²) in [4.78, 5) is 12.3. The summed E-state index contributed by atoms with van der Waals surface area (Å²) in [5.41, 5.74) is 3.03. The van der Waals surface area contributed by atoms with Gasteiger partial charge in [-0.15, -0.1) is 0 Å². The minimum atomic E-state index is -0.0339. The van der Waals surface area contributed by atoms with Crippen molar-refractivity contribution < 1.29 is 4.79 Å². The standard InChI is InChI=1S/C18H17ClN2O/c1-2-13-5-3-4-6-16(13)20-18(22)12-21-10-9-14-11-15(19)7-8-17(14)21/h3-11H,2,12H2,1H3,(H,20,22). The van der Waals surface area contributed by atoms with Crippen molar-refractivity contribution in [3.05, 3.63) is 65.3 Å². The lowest BCUT2D eigenvalue weighted by molar-refractivity contribution is -0.116. The number of benzene rings is 2. The molecule has 0 spiro atoms. The lowest BCUT2D eigenvalue weighted by atomic mass is 10.1. The molecule has 22 heavy (non-hydrogen) atoms. The fourth-order valence-electron chi connectivity index (χ4n) is 2.60. The van der Waals surface area contributed by atoms with Crippen molar-refractivity contribution in [1.29, 1.82) is 0 Å². The van der Waals surface area contributed by atoms with E-state index < -0.39 is 0 Å². The average molecular weight is 313 g/mol. The van der Waals surface area contributed by atoms with Gasteiger partial charge in [-0.05, 0) is 42.3 Å². The van der Waals surface area contributed by atoms with E-state index in [9.17, 15) is 4.79 Å². The maximum atomic E-state index is 12.3. The molecule has 0 bridgehead atoms.